The quantitative estimate of drug-likeness (QED) is 0.540. The van der Waals surface area contributed by atoms with Crippen LogP contribution < -0.4 is 0 Å². The number of rotatable bonds is 1. The summed E-state index contributed by atoms with van der Waals surface area (Å²) in [6.07, 6.45) is -0.593. The summed E-state index contributed by atoms with van der Waals surface area (Å²) in [4.78, 5) is 14.7. The Hall–Kier alpha value is -1.13. The molecule has 1 aliphatic rings. The van der Waals surface area contributed by atoms with Crippen molar-refractivity contribution < 1.29 is 38.4 Å². The normalized spacial score (nSPS) is 17.7. The van der Waals surface area contributed by atoms with E-state index in [4.69, 9.17) is 0 Å². The summed E-state index contributed by atoms with van der Waals surface area (Å²) in [5, 5.41) is 0. The predicted molar refractivity (Wildman–Crippen MR) is 41.9 cm³/mol. The van der Waals surface area contributed by atoms with Crippen molar-refractivity contribution in [2.75, 3.05) is 0 Å². The number of pyridine rings is 1. The van der Waals surface area contributed by atoms with E-state index in [0.717, 1.165) is 0 Å². The van der Waals surface area contributed by atoms with Gasteiger partial charge in [-0.2, -0.15) is 8.78 Å². The molecule has 2 heterocycles. The van der Waals surface area contributed by atoms with Crippen molar-refractivity contribution in [1.82, 2.24) is 4.98 Å². The maximum Gasteiger partial charge on any atom is 0.360 e. The third-order valence-electron chi connectivity index (χ3n) is 1.62. The second-order valence-electron chi connectivity index (χ2n) is 2.62. The van der Waals surface area contributed by atoms with Crippen LogP contribution in [0.15, 0.2) is 24.4 Å². The van der Waals surface area contributed by atoms with Crippen molar-refractivity contribution in [3.63, 3.8) is 0 Å². The number of ether oxygens (including phenoxy) is 1. The number of hydrogen-bond acceptors (Lipinski definition) is 3. The third kappa shape index (κ3) is 2.46. The van der Waals surface area contributed by atoms with E-state index in [2.05, 4.69) is 9.72 Å². The first-order valence-electron chi connectivity index (χ1n) is 3.76. The van der Waals surface area contributed by atoms with Crippen LogP contribution in [0.1, 0.15) is 5.69 Å². The molecule has 0 aromatic carbocycles. The van der Waals surface area contributed by atoms with Gasteiger partial charge in [-0.1, -0.05) is 23.8 Å². The van der Waals surface area contributed by atoms with Crippen LogP contribution >= 0.6 is 0 Å². The Labute approximate surface area is 97.5 Å². The van der Waals surface area contributed by atoms with Crippen molar-refractivity contribution in [1.29, 1.82) is 0 Å². The van der Waals surface area contributed by atoms with Crippen LogP contribution in [0.2, 0.25) is 0 Å². The molecule has 0 amide bonds. The minimum absolute atomic E-state index is 0. The molecule has 0 atom stereocenters. The molecule has 6 heteroatoms. The minimum Gasteiger partial charge on any atom is -0.468 e. The van der Waals surface area contributed by atoms with E-state index in [1.54, 1.807) is 18.2 Å². The molecule has 0 bridgehead atoms. The van der Waals surface area contributed by atoms with Gasteiger partial charge in [-0.15, -0.1) is 0 Å². The molecule has 1 aliphatic heterocycles. The molecule has 0 N–H and O–H groups in total. The summed E-state index contributed by atoms with van der Waals surface area (Å²) < 4.78 is 28.8. The molecular weight excluding hydrogens is 384 g/mol. The van der Waals surface area contributed by atoms with E-state index in [1.165, 1.54) is 12.3 Å². The number of esters is 1. The van der Waals surface area contributed by atoms with Gasteiger partial charge in [0.2, 0.25) is 5.97 Å². The molecule has 81 valence electrons. The van der Waals surface area contributed by atoms with Gasteiger partial charge in [0.05, 0.1) is 0 Å². The SMILES string of the molecule is O=C1OC(F)(F)[C-]=C1c1ccccn1.[Ir]. The standard InChI is InChI=1S/C9H4F2NO2.Ir/c10-9(11)5-6(8(13)14-9)7-3-1-2-4-12-7;/h1-4H;/q-1;. The van der Waals surface area contributed by atoms with Crippen molar-refractivity contribution in [2.45, 2.75) is 6.11 Å². The maximum atomic E-state index is 12.5. The zero-order chi connectivity index (χ0) is 10.2. The number of cyclic esters (lactones) is 1. The molecule has 0 unspecified atom stereocenters. The Morgan fingerprint density at radius 3 is 2.60 bits per heavy atom. The van der Waals surface area contributed by atoms with Gasteiger partial charge >= 0.3 is 6.11 Å². The summed E-state index contributed by atoms with van der Waals surface area (Å²) >= 11 is 0. The molecular formula is C9H4F2IrNO2-. The summed E-state index contributed by atoms with van der Waals surface area (Å²) in [7, 11) is 0. The zero-order valence-corrected chi connectivity index (χ0v) is 9.56. The fraction of sp³-hybridized carbons (Fsp3) is 0.111. The fourth-order valence-electron chi connectivity index (χ4n) is 1.07. The van der Waals surface area contributed by atoms with E-state index in [1.807, 2.05) is 0 Å². The average Bonchev–Trinajstić information content (AvgIpc) is 2.41. The third-order valence-corrected chi connectivity index (χ3v) is 1.62. The van der Waals surface area contributed by atoms with Crippen LogP contribution in [-0.2, 0) is 29.6 Å². The molecule has 3 nitrogen and oxygen atoms in total. The van der Waals surface area contributed by atoms with E-state index >= 15 is 0 Å². The minimum atomic E-state index is -3.63. The Balaban J connectivity index is 0.00000112. The van der Waals surface area contributed by atoms with E-state index in [-0.39, 0.29) is 31.4 Å². The second-order valence-corrected chi connectivity index (χ2v) is 2.62. The first-order chi connectivity index (χ1) is 6.58. The Bertz CT molecular complexity index is 406. The topological polar surface area (TPSA) is 39.2 Å². The monoisotopic (exact) mass is 389 g/mol. The zero-order valence-electron chi connectivity index (χ0n) is 7.16. The van der Waals surface area contributed by atoms with Crippen molar-refractivity contribution in [3.8, 4) is 0 Å². The van der Waals surface area contributed by atoms with Gasteiger partial charge in [-0.3, -0.25) is 0 Å². The van der Waals surface area contributed by atoms with E-state index in [0.29, 0.717) is 0 Å². The summed E-state index contributed by atoms with van der Waals surface area (Å²) in [6, 6.07) is 4.63. The molecule has 1 radical (unpaired) electrons. The van der Waals surface area contributed by atoms with Crippen molar-refractivity contribution in [3.05, 3.63) is 36.2 Å². The van der Waals surface area contributed by atoms with Gasteiger partial charge in [-0.25, -0.2) is 0 Å². The Kier molecular flexibility index (Phi) is 3.31. The van der Waals surface area contributed by atoms with Gasteiger partial charge in [0.15, 0.2) is 0 Å². The van der Waals surface area contributed by atoms with Gasteiger partial charge in [0.1, 0.15) is 0 Å². The summed E-state index contributed by atoms with van der Waals surface area (Å²) in [6.45, 7) is 0. The summed E-state index contributed by atoms with van der Waals surface area (Å²) in [5.41, 5.74) is -0.190. The maximum absolute atomic E-state index is 12.5. The smallest absolute Gasteiger partial charge is 0.360 e. The van der Waals surface area contributed by atoms with Crippen LogP contribution in [0.5, 0.6) is 0 Å². The summed E-state index contributed by atoms with van der Waals surface area (Å²) in [5.74, 6) is -1.10. The van der Waals surface area contributed by atoms with Crippen LogP contribution in [-0.4, -0.2) is 17.1 Å². The second kappa shape index (κ2) is 4.16. The number of hydrogen-bond donors (Lipinski definition) is 0. The molecule has 0 spiro atoms. The van der Waals surface area contributed by atoms with Crippen molar-refractivity contribution in [2.24, 2.45) is 0 Å². The molecule has 2 rings (SSSR count). The fourth-order valence-corrected chi connectivity index (χ4v) is 1.07. The first kappa shape index (κ1) is 11.9. The van der Waals surface area contributed by atoms with Gasteiger partial charge in [-0.05, 0) is 11.8 Å². The van der Waals surface area contributed by atoms with Crippen LogP contribution in [0.25, 0.3) is 5.57 Å². The average molecular weight is 388 g/mol. The van der Waals surface area contributed by atoms with Gasteiger partial charge in [0.25, 0.3) is 0 Å². The number of carbonyl (C=O) groups is 1. The Morgan fingerprint density at radius 1 is 1.40 bits per heavy atom. The van der Waals surface area contributed by atoms with Crippen LogP contribution in [0.4, 0.5) is 8.78 Å². The van der Waals surface area contributed by atoms with Crippen LogP contribution in [0, 0.1) is 6.08 Å². The van der Waals surface area contributed by atoms with Crippen molar-refractivity contribution >= 4 is 11.5 Å². The molecule has 0 aliphatic carbocycles. The van der Waals surface area contributed by atoms with Gasteiger partial charge in [0, 0.05) is 26.3 Å². The van der Waals surface area contributed by atoms with Gasteiger partial charge < -0.3 is 14.5 Å². The number of aromatic nitrogens is 1. The molecule has 0 saturated heterocycles. The molecule has 0 saturated carbocycles. The first-order valence-corrected chi connectivity index (χ1v) is 3.76. The number of carbonyl (C=O) groups excluding carboxylic acids is 1. The number of alkyl halides is 2. The molecule has 0 fully saturated rings. The van der Waals surface area contributed by atoms with E-state index < -0.39 is 12.1 Å². The van der Waals surface area contributed by atoms with E-state index in [9.17, 15) is 13.6 Å². The number of nitrogens with zero attached hydrogens (tertiary/aromatic N) is 1. The largest absolute Gasteiger partial charge is 0.468 e. The molecule has 1 aromatic heterocycles. The Morgan fingerprint density at radius 2 is 2.13 bits per heavy atom. The number of halogens is 2. The molecule has 1 aromatic rings. The predicted octanol–water partition coefficient (Wildman–Crippen LogP) is 1.42. The molecule has 15 heavy (non-hydrogen) atoms. The van der Waals surface area contributed by atoms with Crippen LogP contribution in [0.3, 0.4) is 0 Å².